The fourth-order valence-corrected chi connectivity index (χ4v) is 2.86. The van der Waals surface area contributed by atoms with Gasteiger partial charge in [0.1, 0.15) is 0 Å². The molecular formula is C13H16OS. The lowest BCUT2D eigenvalue weighted by Crippen LogP contribution is -2.16. The Kier molecular flexibility index (Phi) is 3.87. The predicted octanol–water partition coefficient (Wildman–Crippen LogP) is 3.11. The molecule has 0 saturated heterocycles. The highest BCUT2D eigenvalue weighted by atomic mass is 32.2. The van der Waals surface area contributed by atoms with Gasteiger partial charge in [0, 0.05) is 10.6 Å². The van der Waals surface area contributed by atoms with E-state index >= 15 is 0 Å². The Labute approximate surface area is 95.2 Å². The second-order valence-corrected chi connectivity index (χ2v) is 5.05. The van der Waals surface area contributed by atoms with Gasteiger partial charge in [0.2, 0.25) is 0 Å². The Bertz CT molecular complexity index is 321. The maximum atomic E-state index is 9.48. The molecule has 1 aromatic carbocycles. The van der Waals surface area contributed by atoms with Gasteiger partial charge in [-0.2, -0.15) is 0 Å². The number of allylic oxidation sites excluding steroid dienone is 1. The number of hydrogen-bond acceptors (Lipinski definition) is 2. The van der Waals surface area contributed by atoms with Crippen molar-refractivity contribution >= 4 is 11.8 Å². The molecule has 0 heterocycles. The molecule has 1 aromatic rings. The molecule has 0 aliphatic heterocycles. The first-order valence-corrected chi connectivity index (χ1v) is 6.36. The van der Waals surface area contributed by atoms with E-state index in [2.05, 4.69) is 30.3 Å². The average Bonchev–Trinajstić information content (AvgIpc) is 2.28. The summed E-state index contributed by atoms with van der Waals surface area (Å²) in [6.45, 7) is 0. The summed E-state index contributed by atoms with van der Waals surface area (Å²) < 4.78 is 0. The molecule has 0 unspecified atom stereocenters. The third-order valence-corrected chi connectivity index (χ3v) is 3.87. The number of aliphatic hydroxyl groups excluding tert-OH is 1. The van der Waals surface area contributed by atoms with Crippen molar-refractivity contribution < 1.29 is 5.11 Å². The maximum absolute atomic E-state index is 9.48. The number of rotatable bonds is 3. The van der Waals surface area contributed by atoms with Crippen LogP contribution in [0.15, 0.2) is 47.4 Å². The van der Waals surface area contributed by atoms with Gasteiger partial charge >= 0.3 is 0 Å². The fraction of sp³-hybridized carbons (Fsp3) is 0.385. The van der Waals surface area contributed by atoms with Gasteiger partial charge in [-0.25, -0.2) is 0 Å². The van der Waals surface area contributed by atoms with Crippen LogP contribution in [0.3, 0.4) is 0 Å². The zero-order chi connectivity index (χ0) is 10.5. The minimum atomic E-state index is -0.222. The summed E-state index contributed by atoms with van der Waals surface area (Å²) in [4.78, 5) is 1.32. The molecule has 0 bridgehead atoms. The largest absolute Gasteiger partial charge is 0.389 e. The van der Waals surface area contributed by atoms with Gasteiger partial charge in [-0.1, -0.05) is 30.4 Å². The molecule has 2 heteroatoms. The van der Waals surface area contributed by atoms with Gasteiger partial charge < -0.3 is 5.11 Å². The molecule has 0 aromatic heterocycles. The van der Waals surface area contributed by atoms with Gasteiger partial charge in [0.25, 0.3) is 0 Å². The van der Waals surface area contributed by atoms with E-state index in [1.807, 2.05) is 23.9 Å². The lowest BCUT2D eigenvalue weighted by molar-refractivity contribution is 0.184. The van der Waals surface area contributed by atoms with Crippen molar-refractivity contribution in [1.82, 2.24) is 0 Å². The molecule has 0 radical (unpaired) electrons. The minimum absolute atomic E-state index is 0.222. The lowest BCUT2D eigenvalue weighted by Gasteiger charge is -2.20. The van der Waals surface area contributed by atoms with Crippen LogP contribution in [0.1, 0.15) is 12.8 Å². The van der Waals surface area contributed by atoms with Crippen molar-refractivity contribution in [1.29, 1.82) is 0 Å². The van der Waals surface area contributed by atoms with E-state index in [1.54, 1.807) is 0 Å². The fourth-order valence-electron chi connectivity index (χ4n) is 1.81. The summed E-state index contributed by atoms with van der Waals surface area (Å²) in [7, 11) is 0. The molecule has 2 rings (SSSR count). The number of thioether (sulfide) groups is 1. The molecule has 0 spiro atoms. The van der Waals surface area contributed by atoms with Crippen molar-refractivity contribution in [3.63, 3.8) is 0 Å². The zero-order valence-corrected chi connectivity index (χ0v) is 9.49. The number of benzene rings is 1. The molecule has 1 N–H and O–H groups in total. The van der Waals surface area contributed by atoms with Crippen LogP contribution in [-0.4, -0.2) is 17.0 Å². The highest BCUT2D eigenvalue weighted by Gasteiger charge is 2.15. The molecule has 1 nitrogen and oxygen atoms in total. The van der Waals surface area contributed by atoms with E-state index in [4.69, 9.17) is 0 Å². The van der Waals surface area contributed by atoms with Crippen LogP contribution < -0.4 is 0 Å². The average molecular weight is 220 g/mol. The molecule has 1 aliphatic rings. The topological polar surface area (TPSA) is 20.2 Å². The maximum Gasteiger partial charge on any atom is 0.0724 e. The number of hydrogen-bond donors (Lipinski definition) is 1. The van der Waals surface area contributed by atoms with Crippen molar-refractivity contribution in [3.05, 3.63) is 42.5 Å². The van der Waals surface area contributed by atoms with Crippen LogP contribution in [-0.2, 0) is 0 Å². The van der Waals surface area contributed by atoms with Crippen LogP contribution in [0.25, 0.3) is 0 Å². The van der Waals surface area contributed by atoms with E-state index in [0.717, 1.165) is 18.6 Å². The first kappa shape index (κ1) is 10.8. The Morgan fingerprint density at radius 2 is 2.07 bits per heavy atom. The first-order chi connectivity index (χ1) is 7.34. The van der Waals surface area contributed by atoms with E-state index < -0.39 is 0 Å². The quantitative estimate of drug-likeness (QED) is 0.624. The highest BCUT2D eigenvalue weighted by Crippen LogP contribution is 2.27. The third kappa shape index (κ3) is 3.40. The summed E-state index contributed by atoms with van der Waals surface area (Å²) in [5.74, 6) is 1.72. The van der Waals surface area contributed by atoms with Gasteiger partial charge in [0.15, 0.2) is 0 Å². The predicted molar refractivity (Wildman–Crippen MR) is 65.0 cm³/mol. The molecule has 0 saturated carbocycles. The smallest absolute Gasteiger partial charge is 0.0724 e. The second kappa shape index (κ2) is 5.38. The Hall–Kier alpha value is -0.730. The second-order valence-electron chi connectivity index (χ2n) is 3.96. The highest BCUT2D eigenvalue weighted by molar-refractivity contribution is 7.99. The van der Waals surface area contributed by atoms with Crippen LogP contribution >= 0.6 is 11.8 Å². The van der Waals surface area contributed by atoms with Crippen molar-refractivity contribution in [2.24, 2.45) is 5.92 Å². The molecule has 1 aliphatic carbocycles. The SMILES string of the molecule is O[C@H]1C=CC[C@@H](CSc2ccccc2)C1. The van der Waals surface area contributed by atoms with E-state index in [0.29, 0.717) is 5.92 Å². The van der Waals surface area contributed by atoms with Gasteiger partial charge in [-0.3, -0.25) is 0 Å². The van der Waals surface area contributed by atoms with Crippen molar-refractivity contribution in [3.8, 4) is 0 Å². The molecule has 15 heavy (non-hydrogen) atoms. The van der Waals surface area contributed by atoms with Crippen molar-refractivity contribution in [2.75, 3.05) is 5.75 Å². The molecule has 0 amide bonds. The Morgan fingerprint density at radius 1 is 1.27 bits per heavy atom. The molecular weight excluding hydrogens is 204 g/mol. The minimum Gasteiger partial charge on any atom is -0.389 e. The zero-order valence-electron chi connectivity index (χ0n) is 8.67. The van der Waals surface area contributed by atoms with E-state index in [-0.39, 0.29) is 6.10 Å². The van der Waals surface area contributed by atoms with Crippen molar-refractivity contribution in [2.45, 2.75) is 23.8 Å². The summed E-state index contributed by atoms with van der Waals surface area (Å²) in [6.07, 6.45) is 5.81. The molecule has 0 fully saturated rings. The van der Waals surface area contributed by atoms with E-state index in [1.165, 1.54) is 4.90 Å². The van der Waals surface area contributed by atoms with Gasteiger partial charge in [-0.05, 0) is 30.9 Å². The summed E-state index contributed by atoms with van der Waals surface area (Å²) in [6, 6.07) is 10.5. The third-order valence-electron chi connectivity index (χ3n) is 2.63. The first-order valence-electron chi connectivity index (χ1n) is 5.37. The normalized spacial score (nSPS) is 25.4. The molecule has 80 valence electrons. The monoisotopic (exact) mass is 220 g/mol. The summed E-state index contributed by atoms with van der Waals surface area (Å²) in [5, 5.41) is 9.48. The van der Waals surface area contributed by atoms with Crippen LogP contribution in [0.4, 0.5) is 0 Å². The lowest BCUT2D eigenvalue weighted by atomic mass is 9.94. The Balaban J connectivity index is 1.81. The molecule has 2 atom stereocenters. The summed E-state index contributed by atoms with van der Waals surface area (Å²) >= 11 is 1.88. The van der Waals surface area contributed by atoms with E-state index in [9.17, 15) is 5.11 Å². The van der Waals surface area contributed by atoms with Crippen LogP contribution in [0, 0.1) is 5.92 Å². The van der Waals surface area contributed by atoms with Crippen LogP contribution in [0.5, 0.6) is 0 Å². The van der Waals surface area contributed by atoms with Gasteiger partial charge in [-0.15, -0.1) is 11.8 Å². The Morgan fingerprint density at radius 3 is 2.80 bits per heavy atom. The van der Waals surface area contributed by atoms with Gasteiger partial charge in [0.05, 0.1) is 6.10 Å². The summed E-state index contributed by atoms with van der Waals surface area (Å²) in [5.41, 5.74) is 0. The number of aliphatic hydroxyl groups is 1. The standard InChI is InChI=1S/C13H16OS/c14-12-6-4-5-11(9-12)10-15-13-7-2-1-3-8-13/h1-4,6-8,11-12,14H,5,9-10H2/t11-,12+/m1/s1. The van der Waals surface area contributed by atoms with Crippen LogP contribution in [0.2, 0.25) is 0 Å².